The quantitative estimate of drug-likeness (QED) is 0.758. The first-order chi connectivity index (χ1) is 7.73. The van der Waals surface area contributed by atoms with Crippen LogP contribution in [0.15, 0.2) is 0 Å². The molecule has 1 fully saturated rings. The second kappa shape index (κ2) is 4.94. The molecule has 0 bridgehead atoms. The molecule has 0 spiro atoms. The molecule has 3 N–H and O–H groups in total. The number of nitrogens with two attached hydrogens (primary N) is 1. The van der Waals surface area contributed by atoms with Gasteiger partial charge in [0.1, 0.15) is 0 Å². The van der Waals surface area contributed by atoms with Gasteiger partial charge in [-0.05, 0) is 60.5 Å². The van der Waals surface area contributed by atoms with Crippen LogP contribution in [0.4, 0.5) is 0 Å². The zero-order valence-electron chi connectivity index (χ0n) is 11.8. The maximum atomic E-state index is 11.5. The lowest BCUT2D eigenvalue weighted by atomic mass is 9.90. The summed E-state index contributed by atoms with van der Waals surface area (Å²) in [6.45, 7) is 9.74. The van der Waals surface area contributed by atoms with Gasteiger partial charge in [-0.15, -0.1) is 0 Å². The maximum Gasteiger partial charge on any atom is 0.237 e. The molecule has 1 rings (SSSR count). The summed E-state index contributed by atoms with van der Waals surface area (Å²) in [5.74, 6) is -0.274. The van der Waals surface area contributed by atoms with Crippen molar-refractivity contribution < 1.29 is 4.79 Å². The van der Waals surface area contributed by atoms with E-state index in [-0.39, 0.29) is 11.4 Å². The van der Waals surface area contributed by atoms with E-state index in [0.717, 1.165) is 13.0 Å². The van der Waals surface area contributed by atoms with E-state index in [9.17, 15) is 4.79 Å². The molecular weight excluding hydrogens is 214 g/mol. The van der Waals surface area contributed by atoms with Crippen LogP contribution in [0, 0.1) is 0 Å². The van der Waals surface area contributed by atoms with Gasteiger partial charge < -0.3 is 11.1 Å². The van der Waals surface area contributed by atoms with Crippen molar-refractivity contribution in [1.82, 2.24) is 10.2 Å². The molecule has 0 aromatic carbocycles. The Balaban J connectivity index is 2.71. The van der Waals surface area contributed by atoms with Gasteiger partial charge in [-0.2, -0.15) is 0 Å². The van der Waals surface area contributed by atoms with Crippen molar-refractivity contribution in [3.8, 4) is 0 Å². The Morgan fingerprint density at radius 3 is 2.53 bits per heavy atom. The van der Waals surface area contributed by atoms with E-state index in [1.165, 1.54) is 12.8 Å². The van der Waals surface area contributed by atoms with E-state index in [2.05, 4.69) is 31.0 Å². The molecule has 0 aromatic heterocycles. The third-order valence-electron chi connectivity index (χ3n) is 4.30. The van der Waals surface area contributed by atoms with E-state index in [1.54, 1.807) is 7.05 Å². The Bertz CT molecular complexity index is 290. The summed E-state index contributed by atoms with van der Waals surface area (Å²) >= 11 is 0. The molecular formula is C13H27N3O. The number of nitrogens with one attached hydrogen (secondary N) is 1. The van der Waals surface area contributed by atoms with Crippen molar-refractivity contribution in [2.45, 2.75) is 64.1 Å². The SMILES string of the molecule is CNC(C)(CC(C)N1CCCC1(C)C)C(N)=O. The van der Waals surface area contributed by atoms with Gasteiger partial charge >= 0.3 is 0 Å². The van der Waals surface area contributed by atoms with Gasteiger partial charge in [0.05, 0.1) is 5.54 Å². The highest BCUT2D eigenvalue weighted by atomic mass is 16.1. The van der Waals surface area contributed by atoms with Crippen LogP contribution >= 0.6 is 0 Å². The van der Waals surface area contributed by atoms with Crippen LogP contribution < -0.4 is 11.1 Å². The smallest absolute Gasteiger partial charge is 0.237 e. The molecule has 4 heteroatoms. The molecule has 0 aliphatic carbocycles. The lowest BCUT2D eigenvalue weighted by Crippen LogP contribution is -2.56. The summed E-state index contributed by atoms with van der Waals surface area (Å²) in [6.07, 6.45) is 3.22. The molecule has 2 atom stereocenters. The number of likely N-dealkylation sites (tertiary alicyclic amines) is 1. The number of amides is 1. The average molecular weight is 241 g/mol. The minimum Gasteiger partial charge on any atom is -0.368 e. The molecule has 0 radical (unpaired) electrons. The van der Waals surface area contributed by atoms with Gasteiger partial charge in [0.15, 0.2) is 0 Å². The molecule has 17 heavy (non-hydrogen) atoms. The highest BCUT2D eigenvalue weighted by molar-refractivity contribution is 5.84. The van der Waals surface area contributed by atoms with Crippen molar-refractivity contribution in [1.29, 1.82) is 0 Å². The molecule has 0 aromatic rings. The molecule has 2 unspecified atom stereocenters. The second-order valence-corrected chi connectivity index (χ2v) is 6.11. The first kappa shape index (κ1) is 14.5. The van der Waals surface area contributed by atoms with Gasteiger partial charge in [-0.25, -0.2) is 0 Å². The monoisotopic (exact) mass is 241 g/mol. The standard InChI is InChI=1S/C13H27N3O/c1-10(9-13(4,15-5)11(14)17)16-8-6-7-12(16,2)3/h10,15H,6-9H2,1-5H3,(H2,14,17). The normalized spacial score (nSPS) is 25.5. The predicted molar refractivity (Wildman–Crippen MR) is 70.8 cm³/mol. The number of likely N-dealkylation sites (N-methyl/N-ethyl adjacent to an activating group) is 1. The Kier molecular flexibility index (Phi) is 4.20. The lowest BCUT2D eigenvalue weighted by Gasteiger charge is -2.40. The topological polar surface area (TPSA) is 58.4 Å². The number of rotatable bonds is 5. The summed E-state index contributed by atoms with van der Waals surface area (Å²) in [5, 5.41) is 3.06. The fourth-order valence-corrected chi connectivity index (χ4v) is 2.97. The molecule has 1 saturated heterocycles. The van der Waals surface area contributed by atoms with Crippen LogP contribution in [0.1, 0.15) is 47.0 Å². The van der Waals surface area contributed by atoms with Crippen LogP contribution in [-0.4, -0.2) is 41.5 Å². The van der Waals surface area contributed by atoms with E-state index < -0.39 is 5.54 Å². The van der Waals surface area contributed by atoms with E-state index >= 15 is 0 Å². The number of carbonyl (C=O) groups excluding carboxylic acids is 1. The van der Waals surface area contributed by atoms with Gasteiger partial charge in [0, 0.05) is 11.6 Å². The summed E-state index contributed by atoms with van der Waals surface area (Å²) < 4.78 is 0. The fraction of sp³-hybridized carbons (Fsp3) is 0.923. The zero-order valence-corrected chi connectivity index (χ0v) is 11.8. The zero-order chi connectivity index (χ0) is 13.3. The minimum absolute atomic E-state index is 0.242. The van der Waals surface area contributed by atoms with Gasteiger partial charge in [-0.3, -0.25) is 9.69 Å². The summed E-state index contributed by atoms with van der Waals surface area (Å²) in [5.41, 5.74) is 5.10. The first-order valence-electron chi connectivity index (χ1n) is 6.48. The number of hydrogen-bond acceptors (Lipinski definition) is 3. The molecule has 1 aliphatic rings. The molecule has 100 valence electrons. The summed E-state index contributed by atoms with van der Waals surface area (Å²) in [7, 11) is 1.80. The number of primary amides is 1. The molecule has 1 amide bonds. The second-order valence-electron chi connectivity index (χ2n) is 6.11. The largest absolute Gasteiger partial charge is 0.368 e. The Morgan fingerprint density at radius 2 is 2.18 bits per heavy atom. The molecule has 0 saturated carbocycles. The Morgan fingerprint density at radius 1 is 1.59 bits per heavy atom. The van der Waals surface area contributed by atoms with Gasteiger partial charge in [-0.1, -0.05) is 0 Å². The van der Waals surface area contributed by atoms with Crippen LogP contribution in [0.3, 0.4) is 0 Å². The highest BCUT2D eigenvalue weighted by Crippen LogP contribution is 2.32. The summed E-state index contributed by atoms with van der Waals surface area (Å²) in [6, 6.07) is 0.359. The lowest BCUT2D eigenvalue weighted by molar-refractivity contribution is -0.124. The Hall–Kier alpha value is -0.610. The summed E-state index contributed by atoms with van der Waals surface area (Å²) in [4.78, 5) is 14.0. The van der Waals surface area contributed by atoms with Crippen LogP contribution in [0.2, 0.25) is 0 Å². The number of nitrogens with zero attached hydrogens (tertiary/aromatic N) is 1. The van der Waals surface area contributed by atoms with E-state index in [4.69, 9.17) is 5.73 Å². The predicted octanol–water partition coefficient (Wildman–Crippen LogP) is 1.10. The molecule has 4 nitrogen and oxygen atoms in total. The number of hydrogen-bond donors (Lipinski definition) is 2. The first-order valence-corrected chi connectivity index (χ1v) is 6.48. The third-order valence-corrected chi connectivity index (χ3v) is 4.30. The maximum absolute atomic E-state index is 11.5. The van der Waals surface area contributed by atoms with Gasteiger partial charge in [0.2, 0.25) is 5.91 Å². The number of carbonyl (C=O) groups is 1. The van der Waals surface area contributed by atoms with Crippen molar-refractivity contribution >= 4 is 5.91 Å². The molecule has 1 aliphatic heterocycles. The van der Waals surface area contributed by atoms with Crippen LogP contribution in [-0.2, 0) is 4.79 Å². The van der Waals surface area contributed by atoms with Crippen LogP contribution in [0.25, 0.3) is 0 Å². The van der Waals surface area contributed by atoms with Crippen molar-refractivity contribution in [2.24, 2.45) is 5.73 Å². The van der Waals surface area contributed by atoms with Crippen LogP contribution in [0.5, 0.6) is 0 Å². The fourth-order valence-electron chi connectivity index (χ4n) is 2.97. The third kappa shape index (κ3) is 2.99. The van der Waals surface area contributed by atoms with Crippen molar-refractivity contribution in [3.05, 3.63) is 0 Å². The van der Waals surface area contributed by atoms with Crippen molar-refractivity contribution in [3.63, 3.8) is 0 Å². The van der Waals surface area contributed by atoms with Gasteiger partial charge in [0.25, 0.3) is 0 Å². The Labute approximate surface area is 105 Å². The minimum atomic E-state index is -0.613. The van der Waals surface area contributed by atoms with E-state index in [0.29, 0.717) is 6.04 Å². The van der Waals surface area contributed by atoms with Crippen molar-refractivity contribution in [2.75, 3.05) is 13.6 Å². The average Bonchev–Trinajstić information content (AvgIpc) is 2.57. The molecule has 1 heterocycles. The highest BCUT2D eigenvalue weighted by Gasteiger charge is 2.39. The van der Waals surface area contributed by atoms with E-state index in [1.807, 2.05) is 6.92 Å².